The summed E-state index contributed by atoms with van der Waals surface area (Å²) < 4.78 is 20.5. The van der Waals surface area contributed by atoms with E-state index in [1.807, 2.05) is 18.4 Å². The van der Waals surface area contributed by atoms with Gasteiger partial charge >= 0.3 is 5.97 Å². The van der Waals surface area contributed by atoms with Crippen LogP contribution in [0.1, 0.15) is 55.2 Å². The van der Waals surface area contributed by atoms with E-state index in [1.165, 1.54) is 12.1 Å². The van der Waals surface area contributed by atoms with Gasteiger partial charge in [0.15, 0.2) is 0 Å². The molecule has 1 aliphatic rings. The minimum absolute atomic E-state index is 0.00543. The van der Waals surface area contributed by atoms with E-state index >= 15 is 0 Å². The highest BCUT2D eigenvalue weighted by atomic mass is 19.1. The number of ether oxygens (including phenoxy) is 1. The third-order valence-electron chi connectivity index (χ3n) is 4.80. The van der Waals surface area contributed by atoms with Crippen molar-refractivity contribution in [1.29, 1.82) is 0 Å². The Morgan fingerprint density at radius 1 is 1.39 bits per heavy atom. The average Bonchev–Trinajstić information content (AvgIpc) is 3.00. The molecule has 1 aromatic heterocycles. The van der Waals surface area contributed by atoms with E-state index in [0.29, 0.717) is 36.5 Å². The lowest BCUT2D eigenvalue weighted by Gasteiger charge is -2.26. The minimum atomic E-state index is -0.712. The molecule has 3 rings (SSSR count). The number of carbonyl (C=O) groups is 2. The number of primary amides is 1. The molecule has 0 saturated carbocycles. The van der Waals surface area contributed by atoms with Crippen molar-refractivity contribution < 1.29 is 23.8 Å². The van der Waals surface area contributed by atoms with Gasteiger partial charge in [0.05, 0.1) is 18.2 Å². The zero-order chi connectivity index (χ0) is 20.4. The molecule has 1 amide bonds. The molecular formula is C20H24FN3O4. The fourth-order valence-electron chi connectivity index (χ4n) is 3.59. The van der Waals surface area contributed by atoms with Crippen molar-refractivity contribution in [3.8, 4) is 11.4 Å². The molecule has 3 N–H and O–H groups in total. The van der Waals surface area contributed by atoms with E-state index in [2.05, 4.69) is 4.98 Å². The average molecular weight is 389 g/mol. The first-order chi connectivity index (χ1) is 13.3. The monoisotopic (exact) mass is 389 g/mol. The lowest BCUT2D eigenvalue weighted by Crippen LogP contribution is -2.33. The van der Waals surface area contributed by atoms with Crippen LogP contribution in [0.2, 0.25) is 0 Å². The number of rotatable bonds is 6. The number of amides is 1. The molecule has 2 heterocycles. The smallest absolute Gasteiger partial charge is 0.308 e. The van der Waals surface area contributed by atoms with Crippen LogP contribution in [-0.4, -0.2) is 38.7 Å². The van der Waals surface area contributed by atoms with Crippen LogP contribution in [-0.2, 0) is 16.1 Å². The van der Waals surface area contributed by atoms with Crippen molar-refractivity contribution in [3.63, 3.8) is 0 Å². The van der Waals surface area contributed by atoms with Crippen LogP contribution in [0.4, 0.5) is 4.39 Å². The predicted molar refractivity (Wildman–Crippen MR) is 100.0 cm³/mol. The second kappa shape index (κ2) is 8.10. The second-order valence-electron chi connectivity index (χ2n) is 7.34. The summed E-state index contributed by atoms with van der Waals surface area (Å²) in [6, 6.07) is 5.83. The number of nitrogens with two attached hydrogens (primary N) is 1. The third-order valence-corrected chi connectivity index (χ3v) is 4.80. The molecule has 0 aliphatic carbocycles. The summed E-state index contributed by atoms with van der Waals surface area (Å²) in [5, 5.41) is 9.81. The van der Waals surface area contributed by atoms with Gasteiger partial charge in [-0.2, -0.15) is 0 Å². The number of cyclic esters (lactones) is 1. The fraction of sp³-hybridized carbons (Fsp3) is 0.450. The Bertz CT molecular complexity index is 876. The van der Waals surface area contributed by atoms with Gasteiger partial charge in [0.25, 0.3) is 5.91 Å². The van der Waals surface area contributed by atoms with Gasteiger partial charge in [-0.3, -0.25) is 9.59 Å². The largest absolute Gasteiger partial charge is 0.462 e. The molecule has 1 saturated heterocycles. The fourth-order valence-corrected chi connectivity index (χ4v) is 3.59. The Hall–Kier alpha value is -2.74. The van der Waals surface area contributed by atoms with Crippen molar-refractivity contribution in [2.24, 2.45) is 5.73 Å². The maximum absolute atomic E-state index is 13.3. The predicted octanol–water partition coefficient (Wildman–Crippen LogP) is 2.37. The van der Waals surface area contributed by atoms with Crippen molar-refractivity contribution in [1.82, 2.24) is 9.55 Å². The van der Waals surface area contributed by atoms with E-state index in [-0.39, 0.29) is 23.8 Å². The van der Waals surface area contributed by atoms with E-state index < -0.39 is 24.1 Å². The van der Waals surface area contributed by atoms with Gasteiger partial charge < -0.3 is 20.1 Å². The molecular weight excluding hydrogens is 365 g/mol. The number of esters is 1. The first-order valence-electron chi connectivity index (χ1n) is 9.30. The van der Waals surface area contributed by atoms with Crippen molar-refractivity contribution in [2.45, 2.75) is 57.8 Å². The van der Waals surface area contributed by atoms with Gasteiger partial charge in [0, 0.05) is 24.9 Å². The lowest BCUT2D eigenvalue weighted by molar-refractivity contribution is -0.160. The zero-order valence-corrected chi connectivity index (χ0v) is 15.9. The second-order valence-corrected chi connectivity index (χ2v) is 7.34. The maximum atomic E-state index is 13.3. The quantitative estimate of drug-likeness (QED) is 0.738. The van der Waals surface area contributed by atoms with Gasteiger partial charge in [-0.05, 0) is 30.2 Å². The number of aliphatic hydroxyl groups is 1. The SMILES string of the molecule is CC(C)c1c(C(N)=O)nc(-c2ccc(F)cc2)n1CC[C@@H]1CC(O)CC(=O)O1. The van der Waals surface area contributed by atoms with Gasteiger partial charge in [0.1, 0.15) is 23.4 Å². The highest BCUT2D eigenvalue weighted by Gasteiger charge is 2.29. The van der Waals surface area contributed by atoms with Crippen molar-refractivity contribution in [2.75, 3.05) is 0 Å². The number of benzene rings is 1. The molecule has 8 heteroatoms. The van der Waals surface area contributed by atoms with E-state index in [4.69, 9.17) is 10.5 Å². The van der Waals surface area contributed by atoms with Gasteiger partial charge in [-0.25, -0.2) is 9.37 Å². The van der Waals surface area contributed by atoms with Crippen LogP contribution in [0.3, 0.4) is 0 Å². The van der Waals surface area contributed by atoms with Crippen LogP contribution in [0.25, 0.3) is 11.4 Å². The number of hydrogen-bond donors (Lipinski definition) is 2. The third kappa shape index (κ3) is 4.22. The normalized spacial score (nSPS) is 19.7. The first-order valence-corrected chi connectivity index (χ1v) is 9.30. The molecule has 1 aromatic carbocycles. The van der Waals surface area contributed by atoms with Crippen LogP contribution in [0.15, 0.2) is 24.3 Å². The van der Waals surface area contributed by atoms with E-state index in [1.54, 1.807) is 12.1 Å². The summed E-state index contributed by atoms with van der Waals surface area (Å²) in [5.74, 6) is -0.964. The maximum Gasteiger partial charge on any atom is 0.308 e. The first kappa shape index (κ1) is 20.0. The Morgan fingerprint density at radius 2 is 2.07 bits per heavy atom. The molecule has 150 valence electrons. The number of imidazole rings is 1. The molecule has 0 radical (unpaired) electrons. The summed E-state index contributed by atoms with van der Waals surface area (Å²) in [6.07, 6.45) is -0.309. The summed E-state index contributed by atoms with van der Waals surface area (Å²) >= 11 is 0. The Morgan fingerprint density at radius 3 is 2.64 bits per heavy atom. The van der Waals surface area contributed by atoms with E-state index in [0.717, 1.165) is 0 Å². The number of halogens is 1. The Balaban J connectivity index is 1.97. The molecule has 1 unspecified atom stereocenters. The highest BCUT2D eigenvalue weighted by Crippen LogP contribution is 2.29. The van der Waals surface area contributed by atoms with Gasteiger partial charge in [0.2, 0.25) is 0 Å². The van der Waals surface area contributed by atoms with Gasteiger partial charge in [-0.1, -0.05) is 13.8 Å². The molecule has 2 aromatic rings. The van der Waals surface area contributed by atoms with Gasteiger partial charge in [-0.15, -0.1) is 0 Å². The summed E-state index contributed by atoms with van der Waals surface area (Å²) in [5.41, 5.74) is 7.04. The number of aromatic nitrogens is 2. The minimum Gasteiger partial charge on any atom is -0.462 e. The summed E-state index contributed by atoms with van der Waals surface area (Å²) in [6.45, 7) is 4.27. The number of hydrogen-bond acceptors (Lipinski definition) is 5. The molecule has 1 aliphatic heterocycles. The van der Waals surface area contributed by atoms with Crippen LogP contribution < -0.4 is 5.73 Å². The zero-order valence-electron chi connectivity index (χ0n) is 15.9. The highest BCUT2D eigenvalue weighted by molar-refractivity contribution is 5.93. The molecule has 1 fully saturated rings. The molecule has 2 atom stereocenters. The molecule has 0 bridgehead atoms. The number of nitrogens with zero attached hydrogens (tertiary/aromatic N) is 2. The lowest BCUT2D eigenvalue weighted by atomic mass is 10.0. The Labute approximate surface area is 162 Å². The van der Waals surface area contributed by atoms with Crippen molar-refractivity contribution >= 4 is 11.9 Å². The number of aliphatic hydroxyl groups excluding tert-OH is 1. The standard InChI is InChI=1S/C20H24FN3O4/c1-11(2)18-17(19(22)27)23-20(12-3-5-13(21)6-4-12)24(18)8-7-15-9-14(25)10-16(26)28-15/h3-6,11,14-15,25H,7-10H2,1-2H3,(H2,22,27)/t14?,15-/m1/s1. The molecule has 0 spiro atoms. The Kier molecular flexibility index (Phi) is 5.79. The summed E-state index contributed by atoms with van der Waals surface area (Å²) in [7, 11) is 0. The number of carbonyl (C=O) groups excluding carboxylic acids is 2. The van der Waals surface area contributed by atoms with Crippen LogP contribution in [0, 0.1) is 5.82 Å². The van der Waals surface area contributed by atoms with Crippen molar-refractivity contribution in [3.05, 3.63) is 41.5 Å². The van der Waals surface area contributed by atoms with Crippen LogP contribution in [0.5, 0.6) is 0 Å². The summed E-state index contributed by atoms with van der Waals surface area (Å²) in [4.78, 5) is 28.0. The molecule has 28 heavy (non-hydrogen) atoms. The topological polar surface area (TPSA) is 107 Å². The molecule has 7 nitrogen and oxygen atoms in total. The van der Waals surface area contributed by atoms with E-state index in [9.17, 15) is 19.1 Å². The van der Waals surface area contributed by atoms with Crippen LogP contribution >= 0.6 is 0 Å².